The van der Waals surface area contributed by atoms with Gasteiger partial charge in [-0.05, 0) is 29.7 Å². The highest BCUT2D eigenvalue weighted by Gasteiger charge is 2.07. The number of nitrogens with zero attached hydrogens (tertiary/aromatic N) is 3. The normalized spacial score (nSPS) is 9.35. The van der Waals surface area contributed by atoms with Gasteiger partial charge in [-0.15, -0.1) is 0 Å². The van der Waals surface area contributed by atoms with E-state index < -0.39 is 0 Å². The van der Waals surface area contributed by atoms with Gasteiger partial charge in [-0.1, -0.05) is 43.3 Å². The molecule has 2 rings (SSSR count). The molecule has 0 radical (unpaired) electrons. The van der Waals surface area contributed by atoms with Gasteiger partial charge >= 0.3 is 0 Å². The molecule has 0 saturated carbocycles. The second-order valence-electron chi connectivity index (χ2n) is 4.72. The first kappa shape index (κ1) is 16.1. The van der Waals surface area contributed by atoms with E-state index >= 15 is 0 Å². The Balaban J connectivity index is 2.36. The molecule has 0 amide bonds. The maximum atomic E-state index is 8.77. The van der Waals surface area contributed by atoms with Gasteiger partial charge in [-0.25, -0.2) is 0 Å². The van der Waals surface area contributed by atoms with Crippen LogP contribution in [0.15, 0.2) is 53.6 Å². The number of nitrogens with one attached hydrogen (secondary N) is 1. The number of nitriles is 2. The highest BCUT2D eigenvalue weighted by Crippen LogP contribution is 2.31. The van der Waals surface area contributed by atoms with E-state index in [2.05, 4.69) is 10.5 Å². The zero-order valence-electron chi connectivity index (χ0n) is 12.8. The number of hydrogen-bond donors (Lipinski definition) is 1. The highest BCUT2D eigenvalue weighted by molar-refractivity contribution is 6.10. The van der Waals surface area contributed by atoms with Gasteiger partial charge in [0.05, 0.1) is 12.3 Å². The first-order valence-electron chi connectivity index (χ1n) is 7.24. The quantitative estimate of drug-likeness (QED) is 0.647. The Morgan fingerprint density at radius 2 is 1.83 bits per heavy atom. The number of hydrazone groups is 1. The Morgan fingerprint density at radius 1 is 1.09 bits per heavy atom. The second-order valence-corrected chi connectivity index (χ2v) is 4.72. The molecule has 5 heteroatoms. The van der Waals surface area contributed by atoms with E-state index in [9.17, 15) is 0 Å². The smallest absolute Gasteiger partial charge is 0.237 e. The summed E-state index contributed by atoms with van der Waals surface area (Å²) in [5.74, 6) is 0.630. The number of ether oxygens (including phenoxy) is 1. The van der Waals surface area contributed by atoms with Crippen molar-refractivity contribution < 1.29 is 4.74 Å². The fourth-order valence-electron chi connectivity index (χ4n) is 1.96. The molecule has 0 fully saturated rings. The Morgan fingerprint density at radius 3 is 2.48 bits per heavy atom. The van der Waals surface area contributed by atoms with Crippen LogP contribution >= 0.6 is 0 Å². The van der Waals surface area contributed by atoms with Gasteiger partial charge in [0, 0.05) is 0 Å². The molecule has 0 saturated heterocycles. The summed E-state index contributed by atoms with van der Waals surface area (Å²) in [4.78, 5) is 0. The topological polar surface area (TPSA) is 81.2 Å². The van der Waals surface area contributed by atoms with Crippen LogP contribution in [0, 0.1) is 22.7 Å². The van der Waals surface area contributed by atoms with Crippen molar-refractivity contribution in [3.05, 3.63) is 48.5 Å². The van der Waals surface area contributed by atoms with Crippen molar-refractivity contribution in [3.8, 4) is 29.0 Å². The summed E-state index contributed by atoms with van der Waals surface area (Å²) < 4.78 is 5.68. The second kappa shape index (κ2) is 8.21. The van der Waals surface area contributed by atoms with Crippen LogP contribution in [-0.2, 0) is 0 Å². The molecular weight excluding hydrogens is 288 g/mol. The molecule has 114 valence electrons. The van der Waals surface area contributed by atoms with Crippen LogP contribution in [0.2, 0.25) is 0 Å². The van der Waals surface area contributed by atoms with E-state index in [4.69, 9.17) is 15.3 Å². The van der Waals surface area contributed by atoms with Crippen LogP contribution in [0.3, 0.4) is 0 Å². The summed E-state index contributed by atoms with van der Waals surface area (Å²) in [5.41, 5.74) is 5.17. The zero-order chi connectivity index (χ0) is 16.5. The van der Waals surface area contributed by atoms with E-state index in [-0.39, 0.29) is 5.71 Å². The maximum absolute atomic E-state index is 8.77. The molecule has 0 unspecified atom stereocenters. The van der Waals surface area contributed by atoms with Gasteiger partial charge in [-0.2, -0.15) is 15.6 Å². The molecule has 0 atom stereocenters. The van der Waals surface area contributed by atoms with Crippen molar-refractivity contribution in [1.29, 1.82) is 10.5 Å². The van der Waals surface area contributed by atoms with E-state index in [1.807, 2.05) is 55.5 Å². The summed E-state index contributed by atoms with van der Waals surface area (Å²) in [5, 5.41) is 21.3. The van der Waals surface area contributed by atoms with Crippen molar-refractivity contribution in [1.82, 2.24) is 0 Å². The molecule has 0 heterocycles. The fraction of sp³-hybridized carbons (Fsp3) is 0.167. The van der Waals surface area contributed by atoms with E-state index in [0.29, 0.717) is 18.0 Å². The largest absolute Gasteiger partial charge is 0.491 e. The van der Waals surface area contributed by atoms with Gasteiger partial charge in [0.15, 0.2) is 0 Å². The van der Waals surface area contributed by atoms with Gasteiger partial charge in [0.2, 0.25) is 5.71 Å². The van der Waals surface area contributed by atoms with Crippen molar-refractivity contribution in [2.45, 2.75) is 13.3 Å². The van der Waals surface area contributed by atoms with Crippen molar-refractivity contribution >= 4 is 11.4 Å². The van der Waals surface area contributed by atoms with Gasteiger partial charge in [-0.3, -0.25) is 5.43 Å². The third kappa shape index (κ3) is 4.33. The lowest BCUT2D eigenvalue weighted by atomic mass is 10.0. The van der Waals surface area contributed by atoms with Gasteiger partial charge < -0.3 is 4.74 Å². The third-order valence-electron chi connectivity index (χ3n) is 3.05. The number of rotatable bonds is 6. The highest BCUT2D eigenvalue weighted by atomic mass is 16.5. The Bertz CT molecular complexity index is 754. The molecule has 23 heavy (non-hydrogen) atoms. The molecule has 0 aliphatic rings. The van der Waals surface area contributed by atoms with Crippen LogP contribution in [0.25, 0.3) is 11.1 Å². The molecule has 0 bridgehead atoms. The first-order chi connectivity index (χ1) is 11.3. The predicted molar refractivity (Wildman–Crippen MR) is 89.9 cm³/mol. The van der Waals surface area contributed by atoms with Crippen molar-refractivity contribution in [3.63, 3.8) is 0 Å². The molecule has 1 N–H and O–H groups in total. The number of benzene rings is 2. The molecule has 0 aromatic heterocycles. The number of hydrogen-bond acceptors (Lipinski definition) is 5. The summed E-state index contributed by atoms with van der Waals surface area (Å²) in [6, 6.07) is 19.0. The third-order valence-corrected chi connectivity index (χ3v) is 3.05. The summed E-state index contributed by atoms with van der Waals surface area (Å²) >= 11 is 0. The van der Waals surface area contributed by atoms with Gasteiger partial charge in [0.25, 0.3) is 0 Å². The molecule has 0 aliphatic heterocycles. The Labute approximate surface area is 135 Å². The number of anilines is 1. The lowest BCUT2D eigenvalue weighted by Crippen LogP contribution is -2.01. The van der Waals surface area contributed by atoms with Crippen LogP contribution in [0.4, 0.5) is 5.69 Å². The molecule has 5 nitrogen and oxygen atoms in total. The lowest BCUT2D eigenvalue weighted by molar-refractivity contribution is 0.319. The molecule has 2 aromatic carbocycles. The summed E-state index contributed by atoms with van der Waals surface area (Å²) in [7, 11) is 0. The molecule has 0 aliphatic carbocycles. The minimum atomic E-state index is -0.239. The molecule has 2 aromatic rings. The van der Waals surface area contributed by atoms with Crippen LogP contribution < -0.4 is 10.2 Å². The summed E-state index contributed by atoms with van der Waals surface area (Å²) in [6.07, 6.45) is 0.880. The van der Waals surface area contributed by atoms with Crippen LogP contribution in [0.1, 0.15) is 13.3 Å². The van der Waals surface area contributed by atoms with E-state index in [1.54, 1.807) is 12.1 Å². The minimum absolute atomic E-state index is 0.239. The summed E-state index contributed by atoms with van der Waals surface area (Å²) in [6.45, 7) is 2.60. The average molecular weight is 304 g/mol. The standard InChI is InChI=1S/C18H16N4O/c1-2-10-23-18-9-8-15(14-6-4-3-5-7-14)11-17(18)22-21-16(12-19)13-20/h3-9,11,22H,2,10H2,1H3. The Hall–Kier alpha value is -3.31. The predicted octanol–water partition coefficient (Wildman–Crippen LogP) is 3.96. The van der Waals surface area contributed by atoms with E-state index in [1.165, 1.54) is 0 Å². The SMILES string of the molecule is CCCOc1ccc(-c2ccccc2)cc1NN=C(C#N)C#N. The monoisotopic (exact) mass is 304 g/mol. The van der Waals surface area contributed by atoms with Crippen LogP contribution in [-0.4, -0.2) is 12.3 Å². The van der Waals surface area contributed by atoms with Crippen LogP contribution in [0.5, 0.6) is 5.75 Å². The first-order valence-corrected chi connectivity index (χ1v) is 7.24. The fourth-order valence-corrected chi connectivity index (χ4v) is 1.96. The molecule has 0 spiro atoms. The lowest BCUT2D eigenvalue weighted by Gasteiger charge is -2.12. The van der Waals surface area contributed by atoms with E-state index in [0.717, 1.165) is 17.5 Å². The van der Waals surface area contributed by atoms with Gasteiger partial charge in [0.1, 0.15) is 17.9 Å². The Kier molecular flexibility index (Phi) is 5.74. The molecular formula is C18H16N4O. The van der Waals surface area contributed by atoms with Crippen molar-refractivity contribution in [2.24, 2.45) is 5.10 Å². The van der Waals surface area contributed by atoms with Crippen molar-refractivity contribution in [2.75, 3.05) is 12.0 Å². The average Bonchev–Trinajstić information content (AvgIpc) is 2.62. The maximum Gasteiger partial charge on any atom is 0.237 e. The zero-order valence-corrected chi connectivity index (χ0v) is 12.8. The minimum Gasteiger partial charge on any atom is -0.491 e.